The first-order chi connectivity index (χ1) is 14.4. The fourth-order valence-corrected chi connectivity index (χ4v) is 2.99. The van der Waals surface area contributed by atoms with Crippen molar-refractivity contribution in [1.82, 2.24) is 10.2 Å². The fourth-order valence-electron chi connectivity index (χ4n) is 2.99. The lowest BCUT2D eigenvalue weighted by Crippen LogP contribution is -2.31. The van der Waals surface area contributed by atoms with E-state index in [1.165, 1.54) is 43.5 Å². The molecule has 2 aliphatic rings. The standard InChI is InChI=1S/C21H14N2O7/c1-29-17-9-11(6-7-15(17)24)8-14-19(26)23(21(28)22-14)10-13-18(25)12-4-2-3-5-16(12)30-20(13)27/h2-10,24H,1H3,(H,22,28)/b13-10-,14-8+. The van der Waals surface area contributed by atoms with Gasteiger partial charge in [0.1, 0.15) is 17.0 Å². The highest BCUT2D eigenvalue weighted by atomic mass is 16.5. The van der Waals surface area contributed by atoms with Crippen LogP contribution in [0, 0.1) is 0 Å². The van der Waals surface area contributed by atoms with Crippen LogP contribution in [-0.4, -0.2) is 40.8 Å². The molecule has 0 unspecified atom stereocenters. The summed E-state index contributed by atoms with van der Waals surface area (Å²) in [7, 11) is 1.38. The summed E-state index contributed by atoms with van der Waals surface area (Å²) < 4.78 is 10.1. The summed E-state index contributed by atoms with van der Waals surface area (Å²) in [6.07, 6.45) is 2.24. The van der Waals surface area contributed by atoms with E-state index >= 15 is 0 Å². The molecule has 0 bridgehead atoms. The van der Waals surface area contributed by atoms with Crippen LogP contribution in [0.2, 0.25) is 0 Å². The molecule has 2 aliphatic heterocycles. The Bertz CT molecular complexity index is 1180. The quantitative estimate of drug-likeness (QED) is 0.263. The SMILES string of the molecule is COc1cc(/C=C2/NC(=O)N(/C=C3\C(=O)Oc4ccccc4C3=O)C2=O)ccc1O. The molecular weight excluding hydrogens is 392 g/mol. The van der Waals surface area contributed by atoms with Gasteiger partial charge in [0.05, 0.1) is 12.7 Å². The van der Waals surface area contributed by atoms with E-state index < -0.39 is 29.3 Å². The third-order valence-electron chi connectivity index (χ3n) is 4.48. The predicted molar refractivity (Wildman–Crippen MR) is 103 cm³/mol. The number of Topliss-reactive ketones (excluding diaryl/α,β-unsaturated/α-hetero) is 1. The molecule has 150 valence electrons. The third kappa shape index (κ3) is 3.18. The van der Waals surface area contributed by atoms with Crippen molar-refractivity contribution in [2.75, 3.05) is 7.11 Å². The van der Waals surface area contributed by atoms with Gasteiger partial charge in [-0.3, -0.25) is 9.59 Å². The number of phenols is 1. The van der Waals surface area contributed by atoms with Crippen LogP contribution in [0.1, 0.15) is 15.9 Å². The molecule has 2 aromatic carbocycles. The van der Waals surface area contributed by atoms with E-state index in [1.807, 2.05) is 0 Å². The Hall–Kier alpha value is -4.40. The second kappa shape index (κ2) is 7.21. The summed E-state index contributed by atoms with van der Waals surface area (Å²) in [4.78, 5) is 50.4. The zero-order valence-electron chi connectivity index (χ0n) is 15.5. The van der Waals surface area contributed by atoms with Crippen molar-refractivity contribution in [3.05, 3.63) is 71.1 Å². The largest absolute Gasteiger partial charge is 0.504 e. The van der Waals surface area contributed by atoms with E-state index in [2.05, 4.69) is 5.32 Å². The van der Waals surface area contributed by atoms with Crippen molar-refractivity contribution in [3.8, 4) is 17.2 Å². The molecule has 0 spiro atoms. The molecule has 1 fully saturated rings. The Morgan fingerprint density at radius 2 is 1.87 bits per heavy atom. The smallest absolute Gasteiger partial charge is 0.349 e. The first kappa shape index (κ1) is 18.9. The number of carbonyl (C=O) groups excluding carboxylic acids is 4. The predicted octanol–water partition coefficient (Wildman–Crippen LogP) is 1.98. The molecule has 0 atom stereocenters. The third-order valence-corrected chi connectivity index (χ3v) is 4.48. The van der Waals surface area contributed by atoms with Crippen molar-refractivity contribution >= 4 is 29.8 Å². The maximum Gasteiger partial charge on any atom is 0.349 e. The summed E-state index contributed by atoms with van der Waals surface area (Å²) in [5, 5.41) is 12.0. The molecule has 30 heavy (non-hydrogen) atoms. The van der Waals surface area contributed by atoms with Gasteiger partial charge in [0.2, 0.25) is 5.78 Å². The van der Waals surface area contributed by atoms with Gasteiger partial charge >= 0.3 is 12.0 Å². The highest BCUT2D eigenvalue weighted by molar-refractivity contribution is 6.28. The van der Waals surface area contributed by atoms with Crippen molar-refractivity contribution < 1.29 is 33.8 Å². The van der Waals surface area contributed by atoms with Crippen molar-refractivity contribution in [2.24, 2.45) is 0 Å². The first-order valence-corrected chi connectivity index (χ1v) is 8.70. The number of hydrogen-bond donors (Lipinski definition) is 2. The molecule has 2 heterocycles. The number of nitrogens with zero attached hydrogens (tertiary/aromatic N) is 1. The number of aromatic hydroxyl groups is 1. The number of phenolic OH excluding ortho intramolecular Hbond substituents is 1. The van der Waals surface area contributed by atoms with Gasteiger partial charge in [0, 0.05) is 6.20 Å². The normalized spacial score (nSPS) is 18.5. The topological polar surface area (TPSA) is 122 Å². The van der Waals surface area contributed by atoms with E-state index in [-0.39, 0.29) is 28.5 Å². The lowest BCUT2D eigenvalue weighted by molar-refractivity contribution is -0.130. The molecule has 0 radical (unpaired) electrons. The number of esters is 1. The van der Waals surface area contributed by atoms with Crippen LogP contribution in [0.15, 0.2) is 59.9 Å². The van der Waals surface area contributed by atoms with Crippen molar-refractivity contribution in [1.29, 1.82) is 0 Å². The number of methoxy groups -OCH3 is 1. The average molecular weight is 406 g/mol. The number of ether oxygens (including phenoxy) is 2. The Kier molecular flexibility index (Phi) is 4.55. The number of amides is 3. The Morgan fingerprint density at radius 1 is 1.10 bits per heavy atom. The molecule has 4 rings (SSSR count). The second-order valence-electron chi connectivity index (χ2n) is 6.35. The van der Waals surface area contributed by atoms with E-state index in [9.17, 15) is 24.3 Å². The summed E-state index contributed by atoms with van der Waals surface area (Å²) in [6, 6.07) is 9.71. The molecule has 2 aromatic rings. The molecule has 1 saturated heterocycles. The minimum Gasteiger partial charge on any atom is -0.504 e. The molecular formula is C21H14N2O7. The molecule has 0 saturated carbocycles. The zero-order chi connectivity index (χ0) is 21.4. The molecule has 0 aromatic heterocycles. The lowest BCUT2D eigenvalue weighted by Gasteiger charge is -2.17. The van der Waals surface area contributed by atoms with Crippen LogP contribution in [0.5, 0.6) is 17.2 Å². The number of hydrogen-bond acceptors (Lipinski definition) is 7. The van der Waals surface area contributed by atoms with Gasteiger partial charge in [-0.2, -0.15) is 0 Å². The number of carbonyl (C=O) groups is 4. The van der Waals surface area contributed by atoms with Crippen LogP contribution in [0.4, 0.5) is 4.79 Å². The van der Waals surface area contributed by atoms with Crippen LogP contribution in [0.25, 0.3) is 6.08 Å². The van der Waals surface area contributed by atoms with Crippen molar-refractivity contribution in [3.63, 3.8) is 0 Å². The van der Waals surface area contributed by atoms with Crippen LogP contribution in [-0.2, 0) is 9.59 Å². The molecule has 0 aliphatic carbocycles. The lowest BCUT2D eigenvalue weighted by atomic mass is 10.0. The monoisotopic (exact) mass is 406 g/mol. The van der Waals surface area contributed by atoms with Gasteiger partial charge in [0.15, 0.2) is 11.5 Å². The number of fused-ring (bicyclic) bond motifs is 1. The minimum absolute atomic E-state index is 0.0811. The summed E-state index contributed by atoms with van der Waals surface area (Å²) in [5.41, 5.74) is 0.110. The van der Waals surface area contributed by atoms with E-state index in [4.69, 9.17) is 9.47 Å². The summed E-state index contributed by atoms with van der Waals surface area (Å²) in [6.45, 7) is 0. The summed E-state index contributed by atoms with van der Waals surface area (Å²) in [5.74, 6) is -2.15. The van der Waals surface area contributed by atoms with E-state index in [0.717, 1.165) is 6.20 Å². The number of rotatable bonds is 3. The Labute approximate surface area is 169 Å². The highest BCUT2D eigenvalue weighted by Gasteiger charge is 2.37. The molecule has 2 N–H and O–H groups in total. The highest BCUT2D eigenvalue weighted by Crippen LogP contribution is 2.29. The van der Waals surface area contributed by atoms with Crippen molar-refractivity contribution in [2.45, 2.75) is 0 Å². The number of benzene rings is 2. The maximum atomic E-state index is 12.7. The van der Waals surface area contributed by atoms with Gasteiger partial charge in [-0.05, 0) is 35.9 Å². The minimum atomic E-state index is -0.958. The number of ketones is 1. The van der Waals surface area contributed by atoms with Gasteiger partial charge in [-0.25, -0.2) is 14.5 Å². The maximum absolute atomic E-state index is 12.7. The average Bonchev–Trinajstić information content (AvgIpc) is 2.99. The number of nitrogens with one attached hydrogen (secondary N) is 1. The molecule has 3 amide bonds. The molecule has 9 heteroatoms. The number of para-hydroxylation sites is 1. The number of imide groups is 1. The van der Waals surface area contributed by atoms with E-state index in [1.54, 1.807) is 12.1 Å². The Balaban J connectivity index is 1.65. The van der Waals surface area contributed by atoms with Gasteiger partial charge < -0.3 is 19.9 Å². The fraction of sp³-hybridized carbons (Fsp3) is 0.0476. The van der Waals surface area contributed by atoms with Gasteiger partial charge in [0.25, 0.3) is 5.91 Å². The second-order valence-corrected chi connectivity index (χ2v) is 6.35. The zero-order valence-corrected chi connectivity index (χ0v) is 15.5. The first-order valence-electron chi connectivity index (χ1n) is 8.70. The van der Waals surface area contributed by atoms with Crippen LogP contribution < -0.4 is 14.8 Å². The number of urea groups is 1. The van der Waals surface area contributed by atoms with E-state index in [0.29, 0.717) is 10.5 Å². The summed E-state index contributed by atoms with van der Waals surface area (Å²) >= 11 is 0. The van der Waals surface area contributed by atoms with Gasteiger partial charge in [-0.15, -0.1) is 0 Å². The van der Waals surface area contributed by atoms with Crippen LogP contribution >= 0.6 is 0 Å². The van der Waals surface area contributed by atoms with Crippen LogP contribution in [0.3, 0.4) is 0 Å². The Morgan fingerprint density at radius 3 is 2.63 bits per heavy atom. The molecule has 9 nitrogen and oxygen atoms in total. The van der Waals surface area contributed by atoms with Gasteiger partial charge in [-0.1, -0.05) is 18.2 Å².